The van der Waals surface area contributed by atoms with Crippen molar-refractivity contribution in [2.45, 2.75) is 50.6 Å². The molecule has 2 unspecified atom stereocenters. The van der Waals surface area contributed by atoms with Crippen molar-refractivity contribution in [2.75, 3.05) is 33.2 Å². The number of amides is 1. The van der Waals surface area contributed by atoms with Crippen molar-refractivity contribution in [3.8, 4) is 0 Å². The van der Waals surface area contributed by atoms with Crippen LogP contribution in [0.25, 0.3) is 0 Å². The van der Waals surface area contributed by atoms with Gasteiger partial charge in [0.05, 0.1) is 0 Å². The molecule has 3 rings (SSSR count). The minimum atomic E-state index is 0.361. The van der Waals surface area contributed by atoms with E-state index >= 15 is 0 Å². The molecule has 0 aromatic rings. The molecule has 0 spiro atoms. The number of hydrogen-bond donors (Lipinski definition) is 1. The Hall–Kier alpha value is -0.610. The van der Waals surface area contributed by atoms with Crippen molar-refractivity contribution in [1.82, 2.24) is 15.1 Å². The highest BCUT2D eigenvalue weighted by Gasteiger charge is 2.35. The summed E-state index contributed by atoms with van der Waals surface area (Å²) < 4.78 is 0. The maximum atomic E-state index is 12.2. The van der Waals surface area contributed by atoms with E-state index < -0.39 is 0 Å². The first-order valence-corrected chi connectivity index (χ1v) is 7.95. The van der Waals surface area contributed by atoms with E-state index in [4.69, 9.17) is 0 Å². The van der Waals surface area contributed by atoms with Gasteiger partial charge in [-0.3, -0.25) is 4.79 Å². The van der Waals surface area contributed by atoms with Crippen molar-refractivity contribution >= 4 is 5.91 Å². The zero-order valence-electron chi connectivity index (χ0n) is 12.1. The summed E-state index contributed by atoms with van der Waals surface area (Å²) >= 11 is 0. The quantitative estimate of drug-likeness (QED) is 0.826. The van der Waals surface area contributed by atoms with Crippen LogP contribution in [-0.2, 0) is 4.79 Å². The number of likely N-dealkylation sites (tertiary alicyclic amines) is 2. The first kappa shape index (κ1) is 13.4. The molecule has 4 heteroatoms. The summed E-state index contributed by atoms with van der Waals surface area (Å²) in [7, 11) is 2.24. The van der Waals surface area contributed by atoms with E-state index in [1.807, 2.05) is 0 Å². The number of piperidine rings is 2. The van der Waals surface area contributed by atoms with E-state index in [2.05, 4.69) is 22.2 Å². The molecule has 2 atom stereocenters. The average Bonchev–Trinajstić information content (AvgIpc) is 3.23. The van der Waals surface area contributed by atoms with Gasteiger partial charge in [0.15, 0.2) is 0 Å². The maximum absolute atomic E-state index is 12.2. The van der Waals surface area contributed by atoms with Gasteiger partial charge in [-0.15, -0.1) is 0 Å². The maximum Gasteiger partial charge on any atom is 0.223 e. The van der Waals surface area contributed by atoms with Gasteiger partial charge in [0, 0.05) is 38.1 Å². The van der Waals surface area contributed by atoms with Gasteiger partial charge in [-0.05, 0) is 51.6 Å². The highest BCUT2D eigenvalue weighted by Crippen LogP contribution is 2.29. The number of rotatable bonds is 4. The Bertz CT molecular complexity index is 329. The zero-order chi connectivity index (χ0) is 13.2. The Kier molecular flexibility index (Phi) is 4.08. The molecule has 0 aromatic carbocycles. The highest BCUT2D eigenvalue weighted by molar-refractivity contribution is 5.76. The van der Waals surface area contributed by atoms with Crippen LogP contribution in [0, 0.1) is 5.92 Å². The molecule has 2 aliphatic heterocycles. The molecule has 3 fully saturated rings. The Morgan fingerprint density at radius 3 is 2.84 bits per heavy atom. The monoisotopic (exact) mass is 265 g/mol. The van der Waals surface area contributed by atoms with Gasteiger partial charge in [0.2, 0.25) is 5.91 Å². The molecule has 0 aromatic heterocycles. The highest BCUT2D eigenvalue weighted by atomic mass is 16.2. The third-order valence-corrected chi connectivity index (χ3v) is 5.05. The molecule has 3 aliphatic rings. The van der Waals surface area contributed by atoms with Crippen LogP contribution < -0.4 is 5.32 Å². The van der Waals surface area contributed by atoms with Gasteiger partial charge in [0.25, 0.3) is 0 Å². The smallest absolute Gasteiger partial charge is 0.223 e. The summed E-state index contributed by atoms with van der Waals surface area (Å²) in [6, 6.07) is 1.44. The van der Waals surface area contributed by atoms with E-state index in [-0.39, 0.29) is 0 Å². The zero-order valence-corrected chi connectivity index (χ0v) is 12.1. The van der Waals surface area contributed by atoms with E-state index in [1.54, 1.807) is 0 Å². The molecule has 19 heavy (non-hydrogen) atoms. The summed E-state index contributed by atoms with van der Waals surface area (Å²) in [6.07, 6.45) is 7.05. The van der Waals surface area contributed by atoms with Gasteiger partial charge in [-0.25, -0.2) is 0 Å². The SMILES string of the molecule is CN1CCCC2CN(C(=O)CCNC3CC3)CCC21. The van der Waals surface area contributed by atoms with Crippen molar-refractivity contribution in [3.63, 3.8) is 0 Å². The average molecular weight is 265 g/mol. The molecule has 2 heterocycles. The first-order chi connectivity index (χ1) is 9.24. The van der Waals surface area contributed by atoms with Crippen LogP contribution >= 0.6 is 0 Å². The van der Waals surface area contributed by atoms with E-state index in [9.17, 15) is 4.79 Å². The second-order valence-electron chi connectivity index (χ2n) is 6.56. The molecule has 0 radical (unpaired) electrons. The third kappa shape index (κ3) is 3.29. The number of fused-ring (bicyclic) bond motifs is 1. The number of nitrogens with zero attached hydrogens (tertiary/aromatic N) is 2. The molecule has 1 amide bonds. The lowest BCUT2D eigenvalue weighted by Gasteiger charge is -2.46. The molecule has 4 nitrogen and oxygen atoms in total. The predicted molar refractivity (Wildman–Crippen MR) is 76.0 cm³/mol. The van der Waals surface area contributed by atoms with Crippen molar-refractivity contribution in [2.24, 2.45) is 5.92 Å². The fourth-order valence-electron chi connectivity index (χ4n) is 3.71. The van der Waals surface area contributed by atoms with Crippen molar-refractivity contribution in [1.29, 1.82) is 0 Å². The van der Waals surface area contributed by atoms with Crippen LogP contribution in [0.4, 0.5) is 0 Å². The number of nitrogens with one attached hydrogen (secondary N) is 1. The van der Waals surface area contributed by atoms with Crippen LogP contribution in [0.15, 0.2) is 0 Å². The van der Waals surface area contributed by atoms with Gasteiger partial charge in [0.1, 0.15) is 0 Å². The molecular weight excluding hydrogens is 238 g/mol. The van der Waals surface area contributed by atoms with Crippen LogP contribution in [0.2, 0.25) is 0 Å². The van der Waals surface area contributed by atoms with Crippen molar-refractivity contribution < 1.29 is 4.79 Å². The number of carbonyl (C=O) groups is 1. The minimum absolute atomic E-state index is 0.361. The Balaban J connectivity index is 1.45. The van der Waals surface area contributed by atoms with Crippen LogP contribution in [-0.4, -0.2) is 61.0 Å². The summed E-state index contributed by atoms with van der Waals surface area (Å²) in [5.74, 6) is 1.08. The first-order valence-electron chi connectivity index (χ1n) is 7.95. The fraction of sp³-hybridized carbons (Fsp3) is 0.933. The minimum Gasteiger partial charge on any atom is -0.342 e. The number of hydrogen-bond acceptors (Lipinski definition) is 3. The second-order valence-corrected chi connectivity index (χ2v) is 6.56. The van der Waals surface area contributed by atoms with Gasteiger partial charge in [-0.1, -0.05) is 0 Å². The van der Waals surface area contributed by atoms with Gasteiger partial charge in [-0.2, -0.15) is 0 Å². The summed E-state index contributed by atoms with van der Waals surface area (Å²) in [5, 5.41) is 3.43. The van der Waals surface area contributed by atoms with Crippen molar-refractivity contribution in [3.05, 3.63) is 0 Å². The Labute approximate surface area is 116 Å². The molecular formula is C15H27N3O. The van der Waals surface area contributed by atoms with E-state index in [0.717, 1.165) is 25.7 Å². The Morgan fingerprint density at radius 2 is 2.05 bits per heavy atom. The summed E-state index contributed by atoms with van der Waals surface area (Å²) in [4.78, 5) is 16.9. The van der Waals surface area contributed by atoms with E-state index in [0.29, 0.717) is 24.3 Å². The summed E-state index contributed by atoms with van der Waals surface area (Å²) in [5.41, 5.74) is 0. The second kappa shape index (κ2) is 5.80. The summed E-state index contributed by atoms with van der Waals surface area (Å²) in [6.45, 7) is 4.07. The lowest BCUT2D eigenvalue weighted by atomic mass is 9.84. The fourth-order valence-corrected chi connectivity index (χ4v) is 3.71. The Morgan fingerprint density at radius 1 is 1.21 bits per heavy atom. The lowest BCUT2D eigenvalue weighted by Crippen LogP contribution is -2.54. The van der Waals surface area contributed by atoms with Crippen LogP contribution in [0.3, 0.4) is 0 Å². The largest absolute Gasteiger partial charge is 0.342 e. The topological polar surface area (TPSA) is 35.6 Å². The normalized spacial score (nSPS) is 32.2. The van der Waals surface area contributed by atoms with Crippen LogP contribution in [0.5, 0.6) is 0 Å². The molecule has 1 N–H and O–H groups in total. The molecule has 108 valence electrons. The third-order valence-electron chi connectivity index (χ3n) is 5.05. The lowest BCUT2D eigenvalue weighted by molar-refractivity contribution is -0.134. The molecule has 1 saturated carbocycles. The van der Waals surface area contributed by atoms with E-state index in [1.165, 1.54) is 38.6 Å². The molecule has 2 saturated heterocycles. The number of carbonyl (C=O) groups excluding carboxylic acids is 1. The van der Waals surface area contributed by atoms with Gasteiger partial charge >= 0.3 is 0 Å². The molecule has 1 aliphatic carbocycles. The van der Waals surface area contributed by atoms with Crippen LogP contribution in [0.1, 0.15) is 38.5 Å². The van der Waals surface area contributed by atoms with Gasteiger partial charge < -0.3 is 15.1 Å². The molecule has 0 bridgehead atoms. The predicted octanol–water partition coefficient (Wildman–Crippen LogP) is 1.07. The standard InChI is InChI=1S/C15H27N3O/c1-17-9-2-3-12-11-18(10-7-14(12)17)15(19)6-8-16-13-4-5-13/h12-14,16H,2-11H2,1H3.